The molecule has 2 heterocycles. The molecule has 66 heavy (non-hydrogen) atoms. The quantitative estimate of drug-likeness (QED) is 0.0229. The molecule has 0 aliphatic heterocycles. The summed E-state index contributed by atoms with van der Waals surface area (Å²) in [4.78, 5) is 41.5. The SMILES string of the molecule is COc1cc(C)c(S(=O)(=O)NC(N)=NCCCC(N)C(=O)c2nccn2C)c(C)c1C.COc1cc(C)c(S(=O)(=O)NC(N)=NCCCC(NCB=O)C(=O)c2nccn2C)c(C)c1C.Cl. The molecule has 0 fully saturated rings. The van der Waals surface area contributed by atoms with Crippen LogP contribution in [0.15, 0.2) is 56.7 Å². The first-order valence-corrected chi connectivity index (χ1v) is 23.4. The maximum atomic E-state index is 12.9. The number of carbonyl (C=O) groups is 2. The number of guanidine groups is 2. The summed E-state index contributed by atoms with van der Waals surface area (Å²) in [5.41, 5.74) is 21.2. The van der Waals surface area contributed by atoms with E-state index >= 15 is 0 Å². The molecule has 4 aromatic rings. The van der Waals surface area contributed by atoms with E-state index in [9.17, 15) is 31.1 Å². The Labute approximate surface area is 393 Å². The van der Waals surface area contributed by atoms with Gasteiger partial charge >= 0.3 is 150 Å². The first-order valence-electron chi connectivity index (χ1n) is 20.4. The second kappa shape index (κ2) is 25.3. The van der Waals surface area contributed by atoms with Crippen molar-refractivity contribution in [2.45, 2.75) is 89.1 Å². The van der Waals surface area contributed by atoms with E-state index in [1.165, 1.54) is 26.6 Å². The predicted octanol–water partition coefficient (Wildman–Crippen LogP) is 1.93. The second-order valence-electron chi connectivity index (χ2n) is 15.2. The van der Waals surface area contributed by atoms with Gasteiger partial charge in [0.2, 0.25) is 11.7 Å². The van der Waals surface area contributed by atoms with Crippen LogP contribution in [0.5, 0.6) is 11.5 Å². The number of rotatable bonds is 21. The monoisotopic (exact) mass is 976 g/mol. The molecule has 0 radical (unpaired) electrons. The molecule has 0 aliphatic carbocycles. The fraction of sp³-hybridized carbons (Fsp3) is 0.463. The zero-order chi connectivity index (χ0) is 48.8. The Morgan fingerprint density at radius 2 is 1.14 bits per heavy atom. The van der Waals surface area contributed by atoms with Gasteiger partial charge in [-0.2, -0.15) is 0 Å². The first kappa shape index (κ1) is 56.4. The van der Waals surface area contributed by atoms with Crippen molar-refractivity contribution in [3.8, 4) is 11.5 Å². The fourth-order valence-electron chi connectivity index (χ4n) is 6.92. The molecular weight excluding hydrogens is 915 g/mol. The minimum absolute atomic E-state index is 0. The summed E-state index contributed by atoms with van der Waals surface area (Å²) >= 11 is 0. The van der Waals surface area contributed by atoms with Gasteiger partial charge < -0.3 is 25.5 Å². The third-order valence-corrected chi connectivity index (χ3v) is 13.8. The number of nitrogens with two attached hydrogens (primary N) is 3. The summed E-state index contributed by atoms with van der Waals surface area (Å²) in [7, 11) is -0.710. The molecule has 2 unspecified atom stereocenters. The van der Waals surface area contributed by atoms with E-state index in [0.29, 0.717) is 72.4 Å². The minimum atomic E-state index is -3.96. The van der Waals surface area contributed by atoms with Crippen LogP contribution in [-0.4, -0.2) is 112 Å². The van der Waals surface area contributed by atoms with Crippen molar-refractivity contribution in [3.05, 3.63) is 81.9 Å². The smallest absolute Gasteiger partial charge is 0.147 e. The number of sulfonamides is 2. The third kappa shape index (κ3) is 14.7. The van der Waals surface area contributed by atoms with Crippen molar-refractivity contribution < 1.29 is 40.6 Å². The van der Waals surface area contributed by atoms with Gasteiger partial charge in [-0.25, -0.2) is 18.1 Å². The average molecular weight is 977 g/mol. The third-order valence-electron chi connectivity index (χ3n) is 10.5. The van der Waals surface area contributed by atoms with Gasteiger partial charge in [0.25, 0.3) is 10.0 Å². The summed E-state index contributed by atoms with van der Waals surface area (Å²) in [6, 6.07) is 1.98. The Balaban J connectivity index is 0.000000448. The molecule has 0 bridgehead atoms. The Hall–Kier alpha value is -5.69. The number of imidazole rings is 2. The average Bonchev–Trinajstić information content (AvgIpc) is 3.88. The standard InChI is InChI=1S/C21H31BN6O5S.C20H30N6O4S.ClH/c1-13-11-17(33-5)14(2)15(3)19(13)34(31,32)27-21(23)25-8-6-7-16(26-12-22-30)18(29)20-24-9-10-28(20)4;1-12-11-16(30-5)13(2)14(3)18(12)31(28,29)25-20(22)24-8-6-7-15(21)17(27)19-23-9-10-26(19)4;/h9-11,16,26H,6-8,12H2,1-5H3,(H3,23,25,27);9-11,15H,6-8,21H2,1-5H3,(H3,22,24,25);1H. The van der Waals surface area contributed by atoms with Crippen LogP contribution >= 0.6 is 12.4 Å². The predicted molar refractivity (Wildman–Crippen MR) is 255 cm³/mol. The van der Waals surface area contributed by atoms with Crippen LogP contribution in [-0.2, 0) is 38.8 Å². The number of Topliss-reactive ketones (excluding diaryl/α,β-unsaturated/α-hetero) is 2. The number of nitrogens with zero attached hydrogens (tertiary/aromatic N) is 6. The zero-order valence-corrected chi connectivity index (χ0v) is 41.4. The van der Waals surface area contributed by atoms with Gasteiger partial charge in [-0.3, -0.25) is 9.79 Å². The van der Waals surface area contributed by atoms with E-state index in [-0.39, 0.29) is 71.0 Å². The number of halogens is 1. The van der Waals surface area contributed by atoms with Crippen LogP contribution in [0.2, 0.25) is 0 Å². The number of carbonyl (C=O) groups excluding carboxylic acids is 2. The summed E-state index contributed by atoms with van der Waals surface area (Å²) in [5, 5.41) is 2.89. The van der Waals surface area contributed by atoms with Gasteiger partial charge in [-0.15, -0.1) is 12.4 Å². The van der Waals surface area contributed by atoms with Crippen LogP contribution in [0.3, 0.4) is 0 Å². The van der Waals surface area contributed by atoms with Gasteiger partial charge in [0.05, 0.1) is 25.2 Å². The summed E-state index contributed by atoms with van der Waals surface area (Å²) in [6.07, 6.45) is 8.02. The van der Waals surface area contributed by atoms with Gasteiger partial charge in [0.15, 0.2) is 5.82 Å². The molecule has 21 nitrogen and oxygen atoms in total. The molecule has 25 heteroatoms. The molecule has 0 aliphatic rings. The van der Waals surface area contributed by atoms with Crippen LogP contribution in [0.1, 0.15) is 80.3 Å². The van der Waals surface area contributed by atoms with Gasteiger partial charge in [0.1, 0.15) is 11.5 Å². The van der Waals surface area contributed by atoms with Crippen LogP contribution < -0.4 is 41.4 Å². The minimum Gasteiger partial charge on any atom is -0.147 e. The molecule has 0 saturated heterocycles. The van der Waals surface area contributed by atoms with Gasteiger partial charge in [-0.1, -0.05) is 0 Å². The molecule has 0 saturated carbocycles. The number of nitrogens with one attached hydrogen (secondary N) is 3. The van der Waals surface area contributed by atoms with Crippen LogP contribution in [0, 0.1) is 41.5 Å². The first-order chi connectivity index (χ1) is 30.5. The molecule has 2 aromatic carbocycles. The molecule has 362 valence electrons. The zero-order valence-electron chi connectivity index (χ0n) is 39.0. The number of aryl methyl sites for hydroxylation is 4. The summed E-state index contributed by atoms with van der Waals surface area (Å²) in [5.74, 6) is 0.819. The molecular formula is C41H62BClN12O9S2. The number of ketones is 2. The Kier molecular flexibility index (Phi) is 21.6. The van der Waals surface area contributed by atoms with Gasteiger partial charge in [-0.05, 0) is 88.8 Å². The Bertz CT molecular complexity index is 2640. The normalized spacial score (nSPS) is 12.8. The second-order valence-corrected chi connectivity index (χ2v) is 18.4. The van der Waals surface area contributed by atoms with E-state index in [1.54, 1.807) is 89.3 Å². The maximum absolute atomic E-state index is 12.9. The van der Waals surface area contributed by atoms with E-state index in [0.717, 1.165) is 11.1 Å². The number of methoxy groups -OCH3 is 2. The van der Waals surface area contributed by atoms with Crippen molar-refractivity contribution in [1.29, 1.82) is 0 Å². The molecule has 4 rings (SSSR count). The van der Waals surface area contributed by atoms with E-state index < -0.39 is 32.1 Å². The number of aliphatic imine (C=N–C) groups is 2. The molecule has 0 amide bonds. The fourth-order valence-corrected chi connectivity index (χ4v) is 9.88. The molecule has 2 aromatic heterocycles. The van der Waals surface area contributed by atoms with E-state index in [2.05, 4.69) is 34.7 Å². The van der Waals surface area contributed by atoms with Crippen molar-refractivity contribution in [3.63, 3.8) is 0 Å². The molecule has 2 atom stereocenters. The topological polar surface area (TPSA) is 312 Å². The number of hydrogen-bond donors (Lipinski definition) is 6. The van der Waals surface area contributed by atoms with Crippen molar-refractivity contribution >= 4 is 63.1 Å². The van der Waals surface area contributed by atoms with Crippen molar-refractivity contribution in [2.24, 2.45) is 41.3 Å². The van der Waals surface area contributed by atoms with Crippen molar-refractivity contribution in [2.75, 3.05) is 33.8 Å². The number of hydrogen-bond acceptors (Lipinski definition) is 15. The van der Waals surface area contributed by atoms with Crippen LogP contribution in [0.4, 0.5) is 0 Å². The number of ether oxygens (including phenoxy) is 2. The van der Waals surface area contributed by atoms with E-state index in [1.807, 2.05) is 0 Å². The molecule has 0 spiro atoms. The van der Waals surface area contributed by atoms with Gasteiger partial charge in [0, 0.05) is 26.0 Å². The van der Waals surface area contributed by atoms with Crippen LogP contribution in [0.25, 0.3) is 0 Å². The number of benzene rings is 2. The molecule has 9 N–H and O–H groups in total. The Morgan fingerprint density at radius 1 is 0.727 bits per heavy atom. The van der Waals surface area contributed by atoms with Crippen molar-refractivity contribution in [1.82, 2.24) is 33.9 Å². The summed E-state index contributed by atoms with van der Waals surface area (Å²) in [6.45, 7) is 10.8. The number of aromatic nitrogens is 4. The Morgan fingerprint density at radius 3 is 1.52 bits per heavy atom. The summed E-state index contributed by atoms with van der Waals surface area (Å²) < 4.78 is 80.7. The van der Waals surface area contributed by atoms with E-state index in [4.69, 9.17) is 26.7 Å².